The van der Waals surface area contributed by atoms with Gasteiger partial charge in [0.1, 0.15) is 0 Å². The predicted octanol–water partition coefficient (Wildman–Crippen LogP) is 5.68. The number of anilines is 1. The molecule has 4 aromatic rings. The highest BCUT2D eigenvalue weighted by atomic mass is 35.5. The van der Waals surface area contributed by atoms with Crippen LogP contribution in [0.3, 0.4) is 0 Å². The van der Waals surface area contributed by atoms with E-state index in [2.05, 4.69) is 15.0 Å². The number of nitrogens with zero attached hydrogens (tertiary/aromatic N) is 5. The summed E-state index contributed by atoms with van der Waals surface area (Å²) in [5, 5.41) is 5.06. The second-order valence-electron chi connectivity index (χ2n) is 8.09. The van der Waals surface area contributed by atoms with Crippen LogP contribution in [0.1, 0.15) is 16.2 Å². The first-order valence-corrected chi connectivity index (χ1v) is 11.5. The standard InChI is InChI=1S/C24H18Cl2F3N5O/c25-16-6-4-15(5-7-16)19-13-21(24(27,28)29)34-22(30-19)14-20(31-34)23(35)33-10-8-32(9-11-33)18-3-1-2-17(26)12-18/h1-7,12-14H,8-11H2. The molecule has 3 heterocycles. The van der Waals surface area contributed by atoms with Gasteiger partial charge >= 0.3 is 6.18 Å². The van der Waals surface area contributed by atoms with Gasteiger partial charge in [-0.2, -0.15) is 18.3 Å². The molecule has 6 nitrogen and oxygen atoms in total. The van der Waals surface area contributed by atoms with E-state index in [1.807, 2.05) is 18.2 Å². The van der Waals surface area contributed by atoms with Crippen LogP contribution in [0.5, 0.6) is 0 Å². The van der Waals surface area contributed by atoms with E-state index in [9.17, 15) is 18.0 Å². The zero-order chi connectivity index (χ0) is 24.7. The van der Waals surface area contributed by atoms with Gasteiger partial charge in [-0.15, -0.1) is 0 Å². The summed E-state index contributed by atoms with van der Waals surface area (Å²) in [6.45, 7) is 1.92. The van der Waals surface area contributed by atoms with E-state index in [1.54, 1.807) is 35.2 Å². The summed E-state index contributed by atoms with van der Waals surface area (Å²) in [6, 6.07) is 16.0. The molecular weight excluding hydrogens is 502 g/mol. The van der Waals surface area contributed by atoms with Crippen molar-refractivity contribution in [3.63, 3.8) is 0 Å². The molecular formula is C24H18Cl2F3N5O. The molecule has 1 fully saturated rings. The van der Waals surface area contributed by atoms with E-state index >= 15 is 0 Å². The number of piperazine rings is 1. The third-order valence-corrected chi connectivity index (χ3v) is 6.30. The summed E-state index contributed by atoms with van der Waals surface area (Å²) in [6.07, 6.45) is -4.70. The lowest BCUT2D eigenvalue weighted by Crippen LogP contribution is -2.48. The Bertz CT molecular complexity index is 1400. The fourth-order valence-electron chi connectivity index (χ4n) is 4.05. The van der Waals surface area contributed by atoms with Gasteiger partial charge in [0, 0.05) is 53.5 Å². The number of rotatable bonds is 3. The van der Waals surface area contributed by atoms with Crippen molar-refractivity contribution < 1.29 is 18.0 Å². The molecule has 0 N–H and O–H groups in total. The van der Waals surface area contributed by atoms with E-state index in [1.165, 1.54) is 6.07 Å². The number of alkyl halides is 3. The zero-order valence-electron chi connectivity index (χ0n) is 18.1. The molecule has 1 amide bonds. The highest BCUT2D eigenvalue weighted by molar-refractivity contribution is 6.31. The molecule has 35 heavy (non-hydrogen) atoms. The van der Waals surface area contributed by atoms with Crippen molar-refractivity contribution in [3.8, 4) is 11.3 Å². The number of carbonyl (C=O) groups is 1. The molecule has 1 saturated heterocycles. The Labute approximate surface area is 208 Å². The van der Waals surface area contributed by atoms with Gasteiger partial charge in [-0.25, -0.2) is 9.50 Å². The fourth-order valence-corrected chi connectivity index (χ4v) is 4.36. The predicted molar refractivity (Wildman–Crippen MR) is 128 cm³/mol. The summed E-state index contributed by atoms with van der Waals surface area (Å²) >= 11 is 12.0. The lowest BCUT2D eigenvalue weighted by Gasteiger charge is -2.35. The summed E-state index contributed by atoms with van der Waals surface area (Å²) in [7, 11) is 0. The van der Waals surface area contributed by atoms with E-state index in [0.29, 0.717) is 46.3 Å². The van der Waals surface area contributed by atoms with Gasteiger partial charge in [0.2, 0.25) is 0 Å². The van der Waals surface area contributed by atoms with Gasteiger partial charge in [0.05, 0.1) is 5.69 Å². The molecule has 5 rings (SSSR count). The normalized spacial score (nSPS) is 14.5. The second-order valence-corrected chi connectivity index (χ2v) is 8.96. The van der Waals surface area contributed by atoms with Crippen LogP contribution < -0.4 is 4.90 Å². The Kier molecular flexibility index (Phi) is 6.06. The van der Waals surface area contributed by atoms with E-state index in [-0.39, 0.29) is 17.0 Å². The fraction of sp³-hybridized carbons (Fsp3) is 0.208. The van der Waals surface area contributed by atoms with E-state index in [0.717, 1.165) is 11.8 Å². The molecule has 11 heteroatoms. The molecule has 0 radical (unpaired) electrons. The molecule has 0 atom stereocenters. The first-order valence-electron chi connectivity index (χ1n) is 10.7. The van der Waals surface area contributed by atoms with Crippen molar-refractivity contribution in [3.05, 3.63) is 82.1 Å². The first kappa shape index (κ1) is 23.4. The van der Waals surface area contributed by atoms with Crippen LogP contribution in [-0.2, 0) is 6.18 Å². The average molecular weight is 520 g/mol. The van der Waals surface area contributed by atoms with Crippen molar-refractivity contribution in [2.24, 2.45) is 0 Å². The molecule has 180 valence electrons. The molecule has 0 spiro atoms. The number of fused-ring (bicyclic) bond motifs is 1. The van der Waals surface area contributed by atoms with Crippen LogP contribution in [-0.4, -0.2) is 51.6 Å². The van der Waals surface area contributed by atoms with Gasteiger partial charge in [0.15, 0.2) is 17.0 Å². The Hall–Kier alpha value is -3.30. The lowest BCUT2D eigenvalue weighted by molar-refractivity contribution is -0.142. The number of hydrogen-bond donors (Lipinski definition) is 0. The van der Waals surface area contributed by atoms with Crippen molar-refractivity contribution in [2.45, 2.75) is 6.18 Å². The smallest absolute Gasteiger partial charge is 0.368 e. The minimum Gasteiger partial charge on any atom is -0.368 e. The summed E-state index contributed by atoms with van der Waals surface area (Å²) in [4.78, 5) is 21.1. The number of aromatic nitrogens is 3. The topological polar surface area (TPSA) is 53.7 Å². The maximum atomic E-state index is 13.9. The second kappa shape index (κ2) is 9.05. The van der Waals surface area contributed by atoms with Crippen molar-refractivity contribution in [1.82, 2.24) is 19.5 Å². The van der Waals surface area contributed by atoms with Crippen LogP contribution in [0, 0.1) is 0 Å². The quantitative estimate of drug-likeness (QED) is 0.349. The Morgan fingerprint density at radius 1 is 0.886 bits per heavy atom. The molecule has 0 unspecified atom stereocenters. The van der Waals surface area contributed by atoms with Gasteiger partial charge in [-0.1, -0.05) is 41.4 Å². The van der Waals surface area contributed by atoms with E-state index < -0.39 is 17.8 Å². The Morgan fingerprint density at radius 2 is 1.60 bits per heavy atom. The first-order chi connectivity index (χ1) is 16.7. The highest BCUT2D eigenvalue weighted by Crippen LogP contribution is 2.33. The molecule has 0 aliphatic carbocycles. The average Bonchev–Trinajstić information content (AvgIpc) is 3.27. The van der Waals surface area contributed by atoms with Gasteiger partial charge in [-0.3, -0.25) is 4.79 Å². The monoisotopic (exact) mass is 519 g/mol. The summed E-state index contributed by atoms with van der Waals surface area (Å²) in [5.41, 5.74) is 0.352. The van der Waals surface area contributed by atoms with Crippen molar-refractivity contribution in [2.75, 3.05) is 31.1 Å². The molecule has 1 aliphatic heterocycles. The SMILES string of the molecule is O=C(c1cc2nc(-c3ccc(Cl)cc3)cc(C(F)(F)F)n2n1)N1CCN(c2cccc(Cl)c2)CC1. The minimum atomic E-state index is -4.70. The van der Waals surface area contributed by atoms with Crippen LogP contribution in [0.4, 0.5) is 18.9 Å². The number of carbonyl (C=O) groups excluding carboxylic acids is 1. The molecule has 0 saturated carbocycles. The highest BCUT2D eigenvalue weighted by Gasteiger charge is 2.36. The number of amides is 1. The summed E-state index contributed by atoms with van der Waals surface area (Å²) < 4.78 is 42.2. The van der Waals surface area contributed by atoms with E-state index in [4.69, 9.17) is 23.2 Å². The van der Waals surface area contributed by atoms with Crippen LogP contribution in [0.2, 0.25) is 10.0 Å². The minimum absolute atomic E-state index is 0.0642. The third kappa shape index (κ3) is 4.78. The molecule has 0 bridgehead atoms. The van der Waals surface area contributed by atoms with Gasteiger partial charge in [-0.05, 0) is 36.4 Å². The lowest BCUT2D eigenvalue weighted by atomic mass is 10.1. The Morgan fingerprint density at radius 3 is 2.26 bits per heavy atom. The molecule has 1 aliphatic rings. The number of benzene rings is 2. The molecule has 2 aromatic carbocycles. The molecule has 2 aromatic heterocycles. The van der Waals surface area contributed by atoms with Gasteiger partial charge in [0.25, 0.3) is 5.91 Å². The van der Waals surface area contributed by atoms with Crippen molar-refractivity contribution in [1.29, 1.82) is 0 Å². The number of halogens is 5. The number of hydrogen-bond acceptors (Lipinski definition) is 4. The van der Waals surface area contributed by atoms with Crippen LogP contribution in [0.15, 0.2) is 60.7 Å². The van der Waals surface area contributed by atoms with Crippen molar-refractivity contribution >= 4 is 40.4 Å². The Balaban J connectivity index is 1.43. The van der Waals surface area contributed by atoms with Crippen LogP contribution >= 0.6 is 23.2 Å². The maximum Gasteiger partial charge on any atom is 0.433 e. The largest absolute Gasteiger partial charge is 0.433 e. The third-order valence-electron chi connectivity index (χ3n) is 5.82. The zero-order valence-corrected chi connectivity index (χ0v) is 19.6. The maximum absolute atomic E-state index is 13.9. The van der Waals surface area contributed by atoms with Gasteiger partial charge < -0.3 is 9.80 Å². The van der Waals surface area contributed by atoms with Crippen LogP contribution in [0.25, 0.3) is 16.9 Å². The summed E-state index contributed by atoms with van der Waals surface area (Å²) in [5.74, 6) is -0.442.